The van der Waals surface area contributed by atoms with Gasteiger partial charge in [-0.2, -0.15) is 0 Å². The fraction of sp³-hybridized carbons (Fsp3) is 1.00. The molecule has 3 saturated heterocycles. The smallest absolute Gasteiger partial charge is 0.379 e. The largest absolute Gasteiger partial charge is 0.474 e. The van der Waals surface area contributed by atoms with Crippen LogP contribution in [0, 0.1) is 10.8 Å². The molecule has 0 aromatic heterocycles. The van der Waals surface area contributed by atoms with Crippen LogP contribution in [0.4, 0.5) is 0 Å². The Morgan fingerprint density at radius 2 is 1.58 bits per heavy atom. The molecule has 3 aliphatic rings. The van der Waals surface area contributed by atoms with E-state index in [0.717, 1.165) is 0 Å². The van der Waals surface area contributed by atoms with Gasteiger partial charge in [-0.1, -0.05) is 0 Å². The average molecular weight is 197 g/mol. The molecule has 70 valence electrons. The SMILES string of the molecule is O=NO.O=P12OCC(CO1)CO2. The van der Waals surface area contributed by atoms with Crippen molar-refractivity contribution in [2.45, 2.75) is 0 Å². The normalized spacial score (nSPS) is 38.2. The summed E-state index contributed by atoms with van der Waals surface area (Å²) in [6.45, 7) is 1.58. The van der Waals surface area contributed by atoms with E-state index in [-0.39, 0.29) is 0 Å². The Bertz CT molecular complexity index is 179. The molecule has 0 aromatic carbocycles. The molecule has 0 saturated carbocycles. The van der Waals surface area contributed by atoms with Crippen LogP contribution in [0.3, 0.4) is 0 Å². The van der Waals surface area contributed by atoms with Gasteiger partial charge in [-0.05, 0) is 0 Å². The summed E-state index contributed by atoms with van der Waals surface area (Å²) >= 11 is 0. The maximum Gasteiger partial charge on any atom is 0.474 e. The summed E-state index contributed by atoms with van der Waals surface area (Å²) in [5.74, 6) is 0.292. The molecule has 0 spiro atoms. The van der Waals surface area contributed by atoms with Gasteiger partial charge in [-0.25, -0.2) is 4.57 Å². The van der Waals surface area contributed by atoms with Crippen LogP contribution in [-0.4, -0.2) is 25.0 Å². The molecular weight excluding hydrogens is 189 g/mol. The molecule has 7 nitrogen and oxygen atoms in total. The van der Waals surface area contributed by atoms with Crippen LogP contribution in [-0.2, 0) is 18.1 Å². The standard InChI is InChI=1S/C4H7O4P.HNO2/c5-9-6-1-4(2-7-9)3-8-9;2-1-3/h4H,1-3H2;(H,2,3). The van der Waals surface area contributed by atoms with Crippen LogP contribution in [0.5, 0.6) is 0 Å². The number of nitrogens with zero attached hydrogens (tertiary/aromatic N) is 1. The summed E-state index contributed by atoms with van der Waals surface area (Å²) in [4.78, 5) is 8.11. The Balaban J connectivity index is 0.000000213. The first kappa shape index (κ1) is 9.60. The van der Waals surface area contributed by atoms with E-state index < -0.39 is 7.82 Å². The van der Waals surface area contributed by atoms with Gasteiger partial charge < -0.3 is 5.21 Å². The summed E-state index contributed by atoms with van der Waals surface area (Å²) in [5, 5.41) is 7.89. The maximum atomic E-state index is 11.0. The zero-order chi connectivity index (χ0) is 9.03. The molecule has 0 amide bonds. The highest BCUT2D eigenvalue weighted by Gasteiger charge is 2.40. The molecule has 0 atom stereocenters. The summed E-state index contributed by atoms with van der Waals surface area (Å²) in [7, 11) is -3.03. The number of hydrogen-bond acceptors (Lipinski definition) is 6. The molecule has 8 heteroatoms. The monoisotopic (exact) mass is 197 g/mol. The molecule has 3 rings (SSSR count). The summed E-state index contributed by atoms with van der Waals surface area (Å²) in [6, 6.07) is 0. The molecule has 3 aliphatic heterocycles. The second kappa shape index (κ2) is 3.95. The van der Waals surface area contributed by atoms with Crippen LogP contribution in [0.15, 0.2) is 5.34 Å². The van der Waals surface area contributed by atoms with Gasteiger partial charge in [-0.3, -0.25) is 13.6 Å². The lowest BCUT2D eigenvalue weighted by Crippen LogP contribution is -2.31. The minimum absolute atomic E-state index is 0.292. The van der Waals surface area contributed by atoms with Crippen LogP contribution in [0.2, 0.25) is 0 Å². The van der Waals surface area contributed by atoms with E-state index in [9.17, 15) is 4.57 Å². The number of phosphoric ester groups is 1. The van der Waals surface area contributed by atoms with E-state index in [1.165, 1.54) is 5.34 Å². The number of phosphoric acid groups is 1. The second-order valence-electron chi connectivity index (χ2n) is 2.28. The Morgan fingerprint density at radius 3 is 1.75 bits per heavy atom. The number of fused-ring (bicyclic) bond motifs is 3. The van der Waals surface area contributed by atoms with Crippen LogP contribution in [0.25, 0.3) is 0 Å². The lowest BCUT2D eigenvalue weighted by atomic mass is 10.2. The van der Waals surface area contributed by atoms with Crippen molar-refractivity contribution >= 4 is 7.82 Å². The van der Waals surface area contributed by atoms with E-state index in [1.54, 1.807) is 0 Å². The molecule has 1 N–H and O–H groups in total. The second-order valence-corrected chi connectivity index (χ2v) is 3.95. The Morgan fingerprint density at radius 1 is 1.25 bits per heavy atom. The first-order valence-electron chi connectivity index (χ1n) is 3.20. The van der Waals surface area contributed by atoms with Gasteiger partial charge in [0.05, 0.1) is 19.8 Å². The Hall–Kier alpha value is -0.490. The summed E-state index contributed by atoms with van der Waals surface area (Å²) in [6.07, 6.45) is 0. The topological polar surface area (TPSA) is 94.4 Å². The molecule has 12 heavy (non-hydrogen) atoms. The average Bonchev–Trinajstić information content (AvgIpc) is 2.07. The number of rotatable bonds is 0. The van der Waals surface area contributed by atoms with Crippen LogP contribution < -0.4 is 0 Å². The van der Waals surface area contributed by atoms with E-state index in [1.807, 2.05) is 0 Å². The Labute approximate surface area is 68.2 Å². The Kier molecular flexibility index (Phi) is 3.16. The highest BCUT2D eigenvalue weighted by atomic mass is 31.2. The lowest BCUT2D eigenvalue weighted by molar-refractivity contribution is -0.0306. The maximum absolute atomic E-state index is 11.0. The molecule has 0 aliphatic carbocycles. The predicted molar refractivity (Wildman–Crippen MR) is 36.5 cm³/mol. The van der Waals surface area contributed by atoms with Crippen molar-refractivity contribution < 1.29 is 23.3 Å². The van der Waals surface area contributed by atoms with Gasteiger partial charge in [-0.15, -0.1) is 4.91 Å². The van der Waals surface area contributed by atoms with Crippen molar-refractivity contribution in [3.8, 4) is 0 Å². The van der Waals surface area contributed by atoms with Gasteiger partial charge in [0.2, 0.25) is 0 Å². The van der Waals surface area contributed by atoms with Gasteiger partial charge in [0.25, 0.3) is 0 Å². The fourth-order valence-corrected chi connectivity index (χ4v) is 2.25. The highest BCUT2D eigenvalue weighted by molar-refractivity contribution is 7.48. The molecule has 3 heterocycles. The van der Waals surface area contributed by atoms with E-state index in [2.05, 4.69) is 0 Å². The first-order valence-corrected chi connectivity index (χ1v) is 4.66. The van der Waals surface area contributed by atoms with Crippen molar-refractivity contribution in [3.05, 3.63) is 4.91 Å². The quantitative estimate of drug-likeness (QED) is 0.352. The van der Waals surface area contributed by atoms with Gasteiger partial charge in [0.1, 0.15) is 0 Å². The van der Waals surface area contributed by atoms with E-state index in [0.29, 0.717) is 25.7 Å². The van der Waals surface area contributed by atoms with E-state index in [4.69, 9.17) is 23.7 Å². The third-order valence-electron chi connectivity index (χ3n) is 1.41. The van der Waals surface area contributed by atoms with Gasteiger partial charge >= 0.3 is 7.82 Å². The summed E-state index contributed by atoms with van der Waals surface area (Å²) in [5.41, 5.74) is 0. The zero-order valence-corrected chi connectivity index (χ0v) is 6.98. The molecular formula is C4H8NO6P. The molecule has 0 aromatic rings. The van der Waals surface area contributed by atoms with Crippen LogP contribution >= 0.6 is 7.82 Å². The van der Waals surface area contributed by atoms with Crippen LogP contribution in [0.1, 0.15) is 0 Å². The third-order valence-corrected chi connectivity index (χ3v) is 2.80. The number of hydrogen-bond donors (Lipinski definition) is 1. The van der Waals surface area contributed by atoms with Crippen molar-refractivity contribution in [2.24, 2.45) is 11.3 Å². The van der Waals surface area contributed by atoms with Gasteiger partial charge in [0, 0.05) is 5.92 Å². The molecule has 0 unspecified atom stereocenters. The predicted octanol–water partition coefficient (Wildman–Crippen LogP) is 0.930. The van der Waals surface area contributed by atoms with Gasteiger partial charge in [0.15, 0.2) is 5.34 Å². The highest BCUT2D eigenvalue weighted by Crippen LogP contribution is 2.56. The minimum Gasteiger partial charge on any atom is -0.379 e. The van der Waals surface area contributed by atoms with Crippen molar-refractivity contribution in [2.75, 3.05) is 19.8 Å². The van der Waals surface area contributed by atoms with Crippen molar-refractivity contribution in [1.82, 2.24) is 0 Å². The van der Waals surface area contributed by atoms with E-state index >= 15 is 0 Å². The fourth-order valence-electron chi connectivity index (χ4n) is 0.846. The lowest BCUT2D eigenvalue weighted by Gasteiger charge is -2.33. The van der Waals surface area contributed by atoms with Crippen molar-refractivity contribution in [1.29, 1.82) is 0 Å². The van der Waals surface area contributed by atoms with Crippen molar-refractivity contribution in [3.63, 3.8) is 0 Å². The zero-order valence-electron chi connectivity index (χ0n) is 6.08. The minimum atomic E-state index is -3.03. The summed E-state index contributed by atoms with van der Waals surface area (Å²) < 4.78 is 25.3. The third kappa shape index (κ3) is 2.25. The first-order chi connectivity index (χ1) is 5.70. The molecule has 3 fully saturated rings. The molecule has 2 bridgehead atoms. The molecule has 0 radical (unpaired) electrons.